The van der Waals surface area contributed by atoms with E-state index in [0.717, 1.165) is 23.0 Å². The van der Waals surface area contributed by atoms with E-state index >= 15 is 0 Å². The van der Waals surface area contributed by atoms with Gasteiger partial charge in [0.05, 0.1) is 5.56 Å². The third-order valence-electron chi connectivity index (χ3n) is 3.56. The molecule has 2 nitrogen and oxygen atoms in total. The fourth-order valence-electron chi connectivity index (χ4n) is 2.34. The van der Waals surface area contributed by atoms with Gasteiger partial charge in [-0.05, 0) is 39.9 Å². The normalized spacial score (nSPS) is 16.2. The van der Waals surface area contributed by atoms with Crippen LogP contribution >= 0.6 is 15.9 Å². The number of hydrogen-bond donors (Lipinski definition) is 0. The number of benzene rings is 1. The second-order valence-electron chi connectivity index (χ2n) is 5.96. The lowest BCUT2D eigenvalue weighted by Gasteiger charge is -2.32. The van der Waals surface area contributed by atoms with Crippen LogP contribution in [0.2, 0.25) is 0 Å². The lowest BCUT2D eigenvalue weighted by atomic mass is 9.83. The van der Waals surface area contributed by atoms with Gasteiger partial charge in [0.15, 0.2) is 0 Å². The molecule has 1 aromatic carbocycles. The average molecular weight is 322 g/mol. The van der Waals surface area contributed by atoms with Crippen molar-refractivity contribution in [2.24, 2.45) is 5.41 Å². The molecule has 0 aromatic heterocycles. The summed E-state index contributed by atoms with van der Waals surface area (Å²) in [6, 6.07) is 7.61. The van der Waals surface area contributed by atoms with E-state index in [0.29, 0.717) is 6.54 Å². The van der Waals surface area contributed by atoms with Gasteiger partial charge in [0.2, 0.25) is 0 Å². The molecule has 2 rings (SSSR count). The van der Waals surface area contributed by atoms with Crippen LogP contribution in [0.15, 0.2) is 40.4 Å². The fraction of sp³-hybridized carbons (Fsp3) is 0.438. The minimum absolute atomic E-state index is 0.108. The first kappa shape index (κ1) is 14.3. The van der Waals surface area contributed by atoms with Crippen LogP contribution in [0, 0.1) is 5.41 Å². The number of amides is 1. The van der Waals surface area contributed by atoms with Crippen molar-refractivity contribution in [1.29, 1.82) is 0 Å². The highest BCUT2D eigenvalue weighted by Gasteiger charge is 2.24. The van der Waals surface area contributed by atoms with Gasteiger partial charge in [-0.3, -0.25) is 4.79 Å². The van der Waals surface area contributed by atoms with E-state index in [4.69, 9.17) is 0 Å². The molecule has 3 heteroatoms. The van der Waals surface area contributed by atoms with Crippen LogP contribution in [0.1, 0.15) is 37.6 Å². The lowest BCUT2D eigenvalue weighted by Crippen LogP contribution is -2.36. The van der Waals surface area contributed by atoms with Crippen LogP contribution in [0.5, 0.6) is 0 Å². The molecule has 0 aliphatic carbocycles. The fourth-order valence-corrected chi connectivity index (χ4v) is 2.79. The Morgan fingerprint density at radius 1 is 1.26 bits per heavy atom. The summed E-state index contributed by atoms with van der Waals surface area (Å²) in [5.41, 5.74) is 2.40. The first-order chi connectivity index (χ1) is 8.89. The van der Waals surface area contributed by atoms with E-state index < -0.39 is 0 Å². The number of nitrogens with zero attached hydrogens (tertiary/aromatic N) is 1. The highest BCUT2D eigenvalue weighted by Crippen LogP contribution is 2.30. The van der Waals surface area contributed by atoms with Crippen molar-refractivity contribution in [2.75, 3.05) is 13.1 Å². The maximum absolute atomic E-state index is 12.4. The largest absolute Gasteiger partial charge is 0.335 e. The Labute approximate surface area is 123 Å². The molecular weight excluding hydrogens is 302 g/mol. The van der Waals surface area contributed by atoms with Crippen molar-refractivity contribution in [2.45, 2.75) is 27.2 Å². The summed E-state index contributed by atoms with van der Waals surface area (Å²) in [6.45, 7) is 8.20. The topological polar surface area (TPSA) is 20.3 Å². The number of carbonyl (C=O) groups is 1. The van der Waals surface area contributed by atoms with Crippen molar-refractivity contribution in [1.82, 2.24) is 4.90 Å². The first-order valence-electron chi connectivity index (χ1n) is 6.63. The first-order valence-corrected chi connectivity index (χ1v) is 7.42. The number of carbonyl (C=O) groups excluding carboxylic acids is 1. The summed E-state index contributed by atoms with van der Waals surface area (Å²) >= 11 is 3.44. The molecule has 0 saturated heterocycles. The molecule has 0 spiro atoms. The maximum atomic E-state index is 12.4. The zero-order valence-electron chi connectivity index (χ0n) is 11.7. The Bertz CT molecular complexity index is 514. The van der Waals surface area contributed by atoms with Crippen LogP contribution < -0.4 is 0 Å². The van der Waals surface area contributed by atoms with Gasteiger partial charge < -0.3 is 4.90 Å². The molecule has 0 unspecified atom stereocenters. The lowest BCUT2D eigenvalue weighted by molar-refractivity contribution is 0.0764. The second-order valence-corrected chi connectivity index (χ2v) is 6.81. The van der Waals surface area contributed by atoms with Gasteiger partial charge in [-0.25, -0.2) is 0 Å². The van der Waals surface area contributed by atoms with Crippen LogP contribution in [0.3, 0.4) is 0 Å². The molecule has 0 bridgehead atoms. The molecule has 1 aromatic rings. The molecule has 1 aliphatic heterocycles. The Kier molecular flexibility index (Phi) is 4.14. The van der Waals surface area contributed by atoms with Gasteiger partial charge in [-0.15, -0.1) is 0 Å². The van der Waals surface area contributed by atoms with Crippen molar-refractivity contribution < 1.29 is 4.79 Å². The molecule has 102 valence electrons. The SMILES string of the molecule is CC(C)(C)C1=CCN(C(=O)c2ccccc2Br)CC1. The van der Waals surface area contributed by atoms with Gasteiger partial charge in [0.25, 0.3) is 5.91 Å². The summed E-state index contributed by atoms with van der Waals surface area (Å²) in [4.78, 5) is 14.4. The van der Waals surface area contributed by atoms with Crippen molar-refractivity contribution in [3.05, 3.63) is 46.0 Å². The minimum Gasteiger partial charge on any atom is -0.335 e. The van der Waals surface area contributed by atoms with E-state index in [2.05, 4.69) is 42.8 Å². The summed E-state index contributed by atoms with van der Waals surface area (Å²) in [6.07, 6.45) is 3.18. The van der Waals surface area contributed by atoms with Crippen molar-refractivity contribution >= 4 is 21.8 Å². The molecule has 0 atom stereocenters. The second kappa shape index (κ2) is 5.49. The van der Waals surface area contributed by atoms with Crippen molar-refractivity contribution in [3.63, 3.8) is 0 Å². The van der Waals surface area contributed by atoms with Gasteiger partial charge in [-0.1, -0.05) is 44.6 Å². The highest BCUT2D eigenvalue weighted by molar-refractivity contribution is 9.10. The summed E-state index contributed by atoms with van der Waals surface area (Å²) in [5, 5.41) is 0. The Balaban J connectivity index is 2.13. The zero-order valence-corrected chi connectivity index (χ0v) is 13.3. The third-order valence-corrected chi connectivity index (χ3v) is 4.26. The Morgan fingerprint density at radius 2 is 1.95 bits per heavy atom. The van der Waals surface area contributed by atoms with Crippen molar-refractivity contribution in [3.8, 4) is 0 Å². The van der Waals surface area contributed by atoms with Crippen LogP contribution in [0.4, 0.5) is 0 Å². The van der Waals surface area contributed by atoms with E-state index in [1.54, 1.807) is 0 Å². The third kappa shape index (κ3) is 3.27. The van der Waals surface area contributed by atoms with E-state index in [1.807, 2.05) is 29.2 Å². The van der Waals surface area contributed by atoms with Crippen LogP contribution in [-0.2, 0) is 0 Å². The van der Waals surface area contributed by atoms with Gasteiger partial charge in [0.1, 0.15) is 0 Å². The summed E-state index contributed by atoms with van der Waals surface area (Å²) < 4.78 is 0.866. The van der Waals surface area contributed by atoms with Crippen LogP contribution in [-0.4, -0.2) is 23.9 Å². The molecule has 1 heterocycles. The smallest absolute Gasteiger partial charge is 0.255 e. The molecule has 0 saturated carbocycles. The molecule has 1 amide bonds. The number of halogens is 1. The Morgan fingerprint density at radius 3 is 2.47 bits per heavy atom. The molecular formula is C16H20BrNO. The average Bonchev–Trinajstić information content (AvgIpc) is 2.38. The highest BCUT2D eigenvalue weighted by atomic mass is 79.9. The zero-order chi connectivity index (χ0) is 14.0. The van der Waals surface area contributed by atoms with E-state index in [-0.39, 0.29) is 11.3 Å². The monoisotopic (exact) mass is 321 g/mol. The molecule has 0 N–H and O–H groups in total. The van der Waals surface area contributed by atoms with Gasteiger partial charge in [0, 0.05) is 17.6 Å². The van der Waals surface area contributed by atoms with Gasteiger partial charge in [-0.2, -0.15) is 0 Å². The molecule has 0 radical (unpaired) electrons. The summed E-state index contributed by atoms with van der Waals surface area (Å²) in [5.74, 6) is 0.108. The van der Waals surface area contributed by atoms with Gasteiger partial charge >= 0.3 is 0 Å². The van der Waals surface area contributed by atoms with Crippen LogP contribution in [0.25, 0.3) is 0 Å². The molecule has 0 fully saturated rings. The summed E-state index contributed by atoms with van der Waals surface area (Å²) in [7, 11) is 0. The molecule has 19 heavy (non-hydrogen) atoms. The Hall–Kier alpha value is -1.09. The maximum Gasteiger partial charge on any atom is 0.255 e. The van der Waals surface area contributed by atoms with E-state index in [1.165, 1.54) is 5.57 Å². The minimum atomic E-state index is 0.108. The quantitative estimate of drug-likeness (QED) is 0.707. The van der Waals surface area contributed by atoms with E-state index in [9.17, 15) is 4.79 Å². The number of rotatable bonds is 1. The molecule has 1 aliphatic rings. The predicted molar refractivity (Wildman–Crippen MR) is 82.2 cm³/mol. The standard InChI is InChI=1S/C16H20BrNO/c1-16(2,3)12-8-10-18(11-9-12)15(19)13-6-4-5-7-14(13)17/h4-8H,9-11H2,1-3H3. The number of hydrogen-bond acceptors (Lipinski definition) is 1. The predicted octanol–water partition coefficient (Wildman–Crippen LogP) is 4.27.